The highest BCUT2D eigenvalue weighted by Crippen LogP contribution is 2.09. The third kappa shape index (κ3) is 2.95. The molecule has 0 spiro atoms. The average Bonchev–Trinajstić information content (AvgIpc) is 2.87. The summed E-state index contributed by atoms with van der Waals surface area (Å²) >= 11 is 0. The molecule has 18 heavy (non-hydrogen) atoms. The molecule has 0 unspecified atom stereocenters. The van der Waals surface area contributed by atoms with E-state index >= 15 is 0 Å². The van der Waals surface area contributed by atoms with E-state index in [1.807, 2.05) is 19.0 Å². The van der Waals surface area contributed by atoms with Crippen LogP contribution in [0.1, 0.15) is 21.9 Å². The van der Waals surface area contributed by atoms with Crippen LogP contribution in [0.25, 0.3) is 0 Å². The van der Waals surface area contributed by atoms with Gasteiger partial charge in [-0.3, -0.25) is 9.89 Å². The Hall–Kier alpha value is -2.15. The molecule has 96 valence electrons. The van der Waals surface area contributed by atoms with Gasteiger partial charge in [0.2, 0.25) is 5.76 Å². The van der Waals surface area contributed by atoms with E-state index in [2.05, 4.69) is 20.7 Å². The van der Waals surface area contributed by atoms with Crippen molar-refractivity contribution in [1.29, 1.82) is 0 Å². The second-order valence-corrected chi connectivity index (χ2v) is 4.30. The molecule has 7 nitrogen and oxygen atoms in total. The molecule has 2 heterocycles. The number of anilines is 1. The summed E-state index contributed by atoms with van der Waals surface area (Å²) in [5, 5.41) is 13.1. The van der Waals surface area contributed by atoms with Crippen LogP contribution in [0.15, 0.2) is 16.7 Å². The third-order valence-corrected chi connectivity index (χ3v) is 2.21. The number of hydrogen-bond acceptors (Lipinski definition) is 5. The lowest BCUT2D eigenvalue weighted by atomic mass is 10.3. The Labute approximate surface area is 104 Å². The number of rotatable bonds is 4. The lowest BCUT2D eigenvalue weighted by Crippen LogP contribution is -2.11. The van der Waals surface area contributed by atoms with E-state index in [-0.39, 0.29) is 11.7 Å². The van der Waals surface area contributed by atoms with Crippen LogP contribution in [0.4, 0.5) is 5.82 Å². The first kappa shape index (κ1) is 12.3. The summed E-state index contributed by atoms with van der Waals surface area (Å²) in [5.74, 6) is 0.272. The highest BCUT2D eigenvalue weighted by molar-refractivity contribution is 6.01. The van der Waals surface area contributed by atoms with Gasteiger partial charge >= 0.3 is 0 Å². The van der Waals surface area contributed by atoms with Crippen LogP contribution in [0.5, 0.6) is 0 Å². The van der Waals surface area contributed by atoms with Gasteiger partial charge in [0, 0.05) is 18.7 Å². The van der Waals surface area contributed by atoms with Gasteiger partial charge in [0.15, 0.2) is 5.82 Å². The molecule has 0 radical (unpaired) electrons. The standard InChI is InChI=1S/C11H15N5O2/c1-7-4-9(18-15-7)11(17)12-10-5-8(13-14-10)6-16(2)3/h4-5H,6H2,1-3H3,(H2,12,13,14,17). The summed E-state index contributed by atoms with van der Waals surface area (Å²) in [6, 6.07) is 3.35. The quantitative estimate of drug-likeness (QED) is 0.844. The minimum Gasteiger partial charge on any atom is -0.351 e. The summed E-state index contributed by atoms with van der Waals surface area (Å²) < 4.78 is 4.86. The lowest BCUT2D eigenvalue weighted by molar-refractivity contribution is 0.0987. The fourth-order valence-electron chi connectivity index (χ4n) is 1.50. The Morgan fingerprint density at radius 1 is 1.50 bits per heavy atom. The van der Waals surface area contributed by atoms with E-state index in [1.165, 1.54) is 0 Å². The SMILES string of the molecule is Cc1cc(C(=O)Nc2cc(CN(C)C)[nH]n2)on1. The van der Waals surface area contributed by atoms with Crippen LogP contribution in [-0.4, -0.2) is 40.3 Å². The van der Waals surface area contributed by atoms with Gasteiger partial charge in [-0.2, -0.15) is 5.10 Å². The van der Waals surface area contributed by atoms with Crippen molar-refractivity contribution in [3.8, 4) is 0 Å². The Balaban J connectivity index is 2.01. The Kier molecular flexibility index (Phi) is 3.42. The molecule has 0 aliphatic carbocycles. The van der Waals surface area contributed by atoms with E-state index in [0.717, 1.165) is 12.2 Å². The van der Waals surface area contributed by atoms with Crippen LogP contribution in [0.2, 0.25) is 0 Å². The number of aryl methyl sites for hydroxylation is 1. The van der Waals surface area contributed by atoms with Crippen molar-refractivity contribution in [2.45, 2.75) is 13.5 Å². The number of amides is 1. The van der Waals surface area contributed by atoms with E-state index in [4.69, 9.17) is 4.52 Å². The Bertz CT molecular complexity index is 543. The second kappa shape index (κ2) is 5.01. The van der Waals surface area contributed by atoms with Gasteiger partial charge in [0.05, 0.1) is 11.4 Å². The zero-order valence-corrected chi connectivity index (χ0v) is 10.5. The van der Waals surface area contributed by atoms with Crippen molar-refractivity contribution in [1.82, 2.24) is 20.3 Å². The van der Waals surface area contributed by atoms with Gasteiger partial charge in [-0.1, -0.05) is 5.16 Å². The smallest absolute Gasteiger partial charge is 0.295 e. The molecule has 0 saturated carbocycles. The third-order valence-electron chi connectivity index (χ3n) is 2.21. The maximum absolute atomic E-state index is 11.7. The van der Waals surface area contributed by atoms with Crippen LogP contribution in [0, 0.1) is 6.92 Å². The molecule has 7 heteroatoms. The predicted octanol–water partition coefficient (Wildman–Crippen LogP) is 1.02. The van der Waals surface area contributed by atoms with E-state index < -0.39 is 0 Å². The summed E-state index contributed by atoms with van der Waals surface area (Å²) in [7, 11) is 3.91. The molecule has 0 aliphatic heterocycles. The van der Waals surface area contributed by atoms with Crippen LogP contribution >= 0.6 is 0 Å². The lowest BCUT2D eigenvalue weighted by Gasteiger charge is -2.05. The fourth-order valence-corrected chi connectivity index (χ4v) is 1.50. The number of aromatic nitrogens is 3. The largest absolute Gasteiger partial charge is 0.351 e. The van der Waals surface area contributed by atoms with Crippen molar-refractivity contribution in [3.05, 3.63) is 29.3 Å². The average molecular weight is 249 g/mol. The molecule has 0 aromatic carbocycles. The van der Waals surface area contributed by atoms with Crippen molar-refractivity contribution in [3.63, 3.8) is 0 Å². The Morgan fingerprint density at radius 3 is 2.89 bits per heavy atom. The van der Waals surface area contributed by atoms with Gasteiger partial charge in [-0.05, 0) is 21.0 Å². The normalized spacial score (nSPS) is 10.9. The molecular formula is C11H15N5O2. The summed E-state index contributed by atoms with van der Waals surface area (Å²) in [4.78, 5) is 13.7. The van der Waals surface area contributed by atoms with Crippen LogP contribution < -0.4 is 5.32 Å². The maximum Gasteiger partial charge on any atom is 0.295 e. The highest BCUT2D eigenvalue weighted by Gasteiger charge is 2.13. The van der Waals surface area contributed by atoms with Crippen molar-refractivity contribution in [2.75, 3.05) is 19.4 Å². The molecule has 2 aromatic heterocycles. The minimum absolute atomic E-state index is 0.171. The highest BCUT2D eigenvalue weighted by atomic mass is 16.5. The molecule has 0 aliphatic rings. The van der Waals surface area contributed by atoms with E-state index in [0.29, 0.717) is 11.5 Å². The fraction of sp³-hybridized carbons (Fsp3) is 0.364. The monoisotopic (exact) mass is 249 g/mol. The Morgan fingerprint density at radius 2 is 2.28 bits per heavy atom. The number of H-pyrrole nitrogens is 1. The number of carbonyl (C=O) groups excluding carboxylic acids is 1. The topological polar surface area (TPSA) is 87.0 Å². The predicted molar refractivity (Wildman–Crippen MR) is 65.2 cm³/mol. The van der Waals surface area contributed by atoms with E-state index in [9.17, 15) is 4.79 Å². The van der Waals surface area contributed by atoms with Gasteiger partial charge in [0.25, 0.3) is 5.91 Å². The van der Waals surface area contributed by atoms with Crippen molar-refractivity contribution >= 4 is 11.7 Å². The molecule has 0 saturated heterocycles. The van der Waals surface area contributed by atoms with Crippen molar-refractivity contribution < 1.29 is 9.32 Å². The molecule has 2 rings (SSSR count). The summed E-state index contributed by atoms with van der Waals surface area (Å²) in [5.41, 5.74) is 1.58. The van der Waals surface area contributed by atoms with Crippen LogP contribution in [0.3, 0.4) is 0 Å². The number of carbonyl (C=O) groups is 1. The zero-order chi connectivity index (χ0) is 13.1. The van der Waals surface area contributed by atoms with Gasteiger partial charge in [-0.15, -0.1) is 0 Å². The second-order valence-electron chi connectivity index (χ2n) is 4.30. The van der Waals surface area contributed by atoms with Gasteiger partial charge < -0.3 is 14.7 Å². The number of hydrogen-bond donors (Lipinski definition) is 2. The zero-order valence-electron chi connectivity index (χ0n) is 10.5. The summed E-state index contributed by atoms with van der Waals surface area (Å²) in [6.07, 6.45) is 0. The first-order valence-electron chi connectivity index (χ1n) is 5.48. The number of nitrogens with zero attached hydrogens (tertiary/aromatic N) is 3. The maximum atomic E-state index is 11.7. The summed E-state index contributed by atoms with van der Waals surface area (Å²) in [6.45, 7) is 2.48. The van der Waals surface area contributed by atoms with Crippen LogP contribution in [-0.2, 0) is 6.54 Å². The van der Waals surface area contributed by atoms with E-state index in [1.54, 1.807) is 19.1 Å². The van der Waals surface area contributed by atoms with Crippen molar-refractivity contribution in [2.24, 2.45) is 0 Å². The molecule has 1 amide bonds. The number of nitrogens with one attached hydrogen (secondary N) is 2. The molecule has 0 fully saturated rings. The van der Waals surface area contributed by atoms with Gasteiger partial charge in [0.1, 0.15) is 0 Å². The minimum atomic E-state index is -0.362. The first-order chi connectivity index (χ1) is 8.54. The molecule has 2 aromatic rings. The molecule has 0 bridgehead atoms. The first-order valence-corrected chi connectivity index (χ1v) is 5.48. The molecule has 2 N–H and O–H groups in total. The molecular weight excluding hydrogens is 234 g/mol. The molecule has 0 atom stereocenters. The van der Waals surface area contributed by atoms with Gasteiger partial charge in [-0.25, -0.2) is 0 Å². The number of aromatic amines is 1.